The number of para-hydroxylation sites is 1. The Balaban J connectivity index is 1.10. The molecule has 1 aromatic heterocycles. The van der Waals surface area contributed by atoms with Crippen molar-refractivity contribution >= 4 is 32.6 Å². The third-order valence-corrected chi connectivity index (χ3v) is 8.72. The first-order valence-electron chi connectivity index (χ1n) is 15.1. The van der Waals surface area contributed by atoms with E-state index < -0.39 is 0 Å². The van der Waals surface area contributed by atoms with Gasteiger partial charge in [0.2, 0.25) is 0 Å². The normalized spacial score (nSPS) is 11.4. The highest BCUT2D eigenvalue weighted by Gasteiger charge is 2.15. The molecule has 43 heavy (non-hydrogen) atoms. The van der Waals surface area contributed by atoms with E-state index in [-0.39, 0.29) is 0 Å². The van der Waals surface area contributed by atoms with E-state index in [0.717, 1.165) is 12.8 Å². The first-order valence-corrected chi connectivity index (χ1v) is 15.1. The predicted octanol–water partition coefficient (Wildman–Crippen LogP) is 11.1. The van der Waals surface area contributed by atoms with Gasteiger partial charge in [-0.1, -0.05) is 140 Å². The van der Waals surface area contributed by atoms with Gasteiger partial charge in [-0.05, 0) is 75.9 Å². The van der Waals surface area contributed by atoms with Gasteiger partial charge >= 0.3 is 0 Å². The number of rotatable bonds is 6. The van der Waals surface area contributed by atoms with E-state index in [4.69, 9.17) is 0 Å². The topological polar surface area (TPSA) is 4.93 Å². The van der Waals surface area contributed by atoms with E-state index in [9.17, 15) is 0 Å². The third-order valence-electron chi connectivity index (χ3n) is 8.72. The third kappa shape index (κ3) is 4.70. The highest BCUT2D eigenvalue weighted by molar-refractivity contribution is 6.19. The average Bonchev–Trinajstić information content (AvgIpc) is 3.43. The minimum Gasteiger partial charge on any atom is -0.309 e. The lowest BCUT2D eigenvalue weighted by Crippen LogP contribution is -1.94. The van der Waals surface area contributed by atoms with Crippen molar-refractivity contribution < 1.29 is 0 Å². The van der Waals surface area contributed by atoms with Crippen LogP contribution in [0.5, 0.6) is 0 Å². The largest absolute Gasteiger partial charge is 0.309 e. The van der Waals surface area contributed by atoms with Gasteiger partial charge in [-0.15, -0.1) is 0 Å². The molecule has 0 N–H and O–H groups in total. The molecule has 0 amide bonds. The minimum absolute atomic E-state index is 1.03. The smallest absolute Gasteiger partial charge is 0.0619 e. The molecule has 0 aliphatic rings. The molecule has 0 spiro atoms. The first-order chi connectivity index (χ1) is 21.3. The maximum atomic E-state index is 2.42. The van der Waals surface area contributed by atoms with Crippen molar-refractivity contribution in [3.05, 3.63) is 175 Å². The predicted molar refractivity (Wildman–Crippen MR) is 183 cm³/mol. The van der Waals surface area contributed by atoms with Crippen molar-refractivity contribution in [3.8, 4) is 27.9 Å². The van der Waals surface area contributed by atoms with Crippen LogP contribution in [0.15, 0.2) is 164 Å². The lowest BCUT2D eigenvalue weighted by atomic mass is 9.98. The van der Waals surface area contributed by atoms with E-state index >= 15 is 0 Å². The summed E-state index contributed by atoms with van der Waals surface area (Å²) in [4.78, 5) is 0. The molecule has 7 aromatic carbocycles. The SMILES string of the molecule is c1ccc(-c2ccc(CCc3ccc(-c4ccc5c(c4)c4ccc6ccccc6c4n5-c4ccccc4)cc3)cc2)cc1. The lowest BCUT2D eigenvalue weighted by Gasteiger charge is -2.10. The number of hydrogen-bond donors (Lipinski definition) is 0. The van der Waals surface area contributed by atoms with Crippen LogP contribution in [0.1, 0.15) is 11.1 Å². The maximum Gasteiger partial charge on any atom is 0.0619 e. The fraction of sp³-hybridized carbons (Fsp3) is 0.0476. The molecule has 1 heterocycles. The van der Waals surface area contributed by atoms with E-state index in [1.807, 2.05) is 0 Å². The maximum absolute atomic E-state index is 2.42. The van der Waals surface area contributed by atoms with Gasteiger partial charge < -0.3 is 4.57 Å². The van der Waals surface area contributed by atoms with Crippen LogP contribution in [-0.2, 0) is 12.8 Å². The molecule has 0 aliphatic carbocycles. The van der Waals surface area contributed by atoms with Crippen LogP contribution in [0.25, 0.3) is 60.5 Å². The van der Waals surface area contributed by atoms with Crippen LogP contribution < -0.4 is 0 Å². The Morgan fingerprint density at radius 1 is 0.372 bits per heavy atom. The summed E-state index contributed by atoms with van der Waals surface area (Å²) in [6, 6.07) is 59.6. The zero-order chi connectivity index (χ0) is 28.6. The van der Waals surface area contributed by atoms with Gasteiger partial charge in [0.05, 0.1) is 11.0 Å². The molecule has 204 valence electrons. The van der Waals surface area contributed by atoms with Gasteiger partial charge in [0.1, 0.15) is 0 Å². The van der Waals surface area contributed by atoms with Crippen LogP contribution in [0.2, 0.25) is 0 Å². The van der Waals surface area contributed by atoms with Gasteiger partial charge in [-0.2, -0.15) is 0 Å². The summed E-state index contributed by atoms with van der Waals surface area (Å²) in [5.41, 5.74) is 11.5. The van der Waals surface area contributed by atoms with Crippen LogP contribution >= 0.6 is 0 Å². The monoisotopic (exact) mass is 549 g/mol. The number of benzene rings is 7. The second-order valence-corrected chi connectivity index (χ2v) is 11.3. The quantitative estimate of drug-likeness (QED) is 0.194. The van der Waals surface area contributed by atoms with Gasteiger partial charge in [-0.3, -0.25) is 0 Å². The Kier molecular flexibility index (Phi) is 6.35. The van der Waals surface area contributed by atoms with E-state index in [0.29, 0.717) is 0 Å². The summed E-state index contributed by atoms with van der Waals surface area (Å²) in [6.07, 6.45) is 2.06. The number of fused-ring (bicyclic) bond motifs is 5. The Labute approximate surface area is 252 Å². The van der Waals surface area contributed by atoms with Gasteiger partial charge in [0.15, 0.2) is 0 Å². The number of aromatic nitrogens is 1. The zero-order valence-electron chi connectivity index (χ0n) is 23.9. The van der Waals surface area contributed by atoms with Crippen LogP contribution in [0.3, 0.4) is 0 Å². The Hall–Kier alpha value is -5.40. The van der Waals surface area contributed by atoms with Crippen molar-refractivity contribution in [3.63, 3.8) is 0 Å². The van der Waals surface area contributed by atoms with Crippen molar-refractivity contribution in [2.24, 2.45) is 0 Å². The molecular weight excluding hydrogens is 518 g/mol. The Morgan fingerprint density at radius 2 is 0.930 bits per heavy atom. The van der Waals surface area contributed by atoms with Crippen LogP contribution in [-0.4, -0.2) is 4.57 Å². The Bertz CT molecular complexity index is 2190. The summed E-state index contributed by atoms with van der Waals surface area (Å²) in [5, 5.41) is 5.11. The molecule has 0 saturated heterocycles. The summed E-state index contributed by atoms with van der Waals surface area (Å²) in [6.45, 7) is 0. The van der Waals surface area contributed by atoms with Crippen molar-refractivity contribution in [2.75, 3.05) is 0 Å². The molecule has 0 saturated carbocycles. The molecular formula is C42H31N. The highest BCUT2D eigenvalue weighted by atomic mass is 15.0. The van der Waals surface area contributed by atoms with Gasteiger partial charge in [-0.25, -0.2) is 0 Å². The lowest BCUT2D eigenvalue weighted by molar-refractivity contribution is 0.961. The number of hydrogen-bond acceptors (Lipinski definition) is 0. The second-order valence-electron chi connectivity index (χ2n) is 11.3. The minimum atomic E-state index is 1.03. The second kappa shape index (κ2) is 10.8. The fourth-order valence-corrected chi connectivity index (χ4v) is 6.45. The molecule has 1 heteroatoms. The molecule has 8 aromatic rings. The van der Waals surface area contributed by atoms with Gasteiger partial charge in [0.25, 0.3) is 0 Å². The first kappa shape index (κ1) is 25.3. The molecule has 0 aliphatic heterocycles. The molecule has 0 fully saturated rings. The number of aryl methyl sites for hydroxylation is 2. The van der Waals surface area contributed by atoms with E-state index in [1.54, 1.807) is 0 Å². The summed E-state index contributed by atoms with van der Waals surface area (Å²) >= 11 is 0. The van der Waals surface area contributed by atoms with E-state index in [1.165, 1.54) is 71.6 Å². The fourth-order valence-electron chi connectivity index (χ4n) is 6.45. The summed E-state index contributed by atoms with van der Waals surface area (Å²) in [5.74, 6) is 0. The standard InChI is InChI=1S/C42H31N/c1-3-9-32(10-4-1)33-21-17-30(18-22-33)15-16-31-19-23-34(24-20-31)36-26-28-41-40(29-36)39-27-25-35-11-7-8-14-38(35)42(39)43(41)37-12-5-2-6-13-37/h1-14,17-29H,15-16H2. The Morgan fingerprint density at radius 3 is 1.63 bits per heavy atom. The molecule has 1 nitrogen and oxygen atoms in total. The van der Waals surface area contributed by atoms with Crippen molar-refractivity contribution in [1.29, 1.82) is 0 Å². The summed E-state index contributed by atoms with van der Waals surface area (Å²) in [7, 11) is 0. The van der Waals surface area contributed by atoms with Crippen LogP contribution in [0, 0.1) is 0 Å². The summed E-state index contributed by atoms with van der Waals surface area (Å²) < 4.78 is 2.42. The van der Waals surface area contributed by atoms with Crippen molar-refractivity contribution in [1.82, 2.24) is 4.57 Å². The molecule has 0 atom stereocenters. The van der Waals surface area contributed by atoms with E-state index in [2.05, 4.69) is 168 Å². The zero-order valence-corrected chi connectivity index (χ0v) is 23.9. The molecule has 8 rings (SSSR count). The van der Waals surface area contributed by atoms with Crippen molar-refractivity contribution in [2.45, 2.75) is 12.8 Å². The average molecular weight is 550 g/mol. The van der Waals surface area contributed by atoms with Crippen LogP contribution in [0.4, 0.5) is 0 Å². The number of nitrogens with zero attached hydrogens (tertiary/aromatic N) is 1. The molecule has 0 unspecified atom stereocenters. The van der Waals surface area contributed by atoms with Gasteiger partial charge in [0, 0.05) is 21.8 Å². The highest BCUT2D eigenvalue weighted by Crippen LogP contribution is 2.38. The molecule has 0 bridgehead atoms. The molecule has 0 radical (unpaired) electrons.